The fourth-order valence-corrected chi connectivity index (χ4v) is 3.80. The highest BCUT2D eigenvalue weighted by Gasteiger charge is 2.18. The van der Waals surface area contributed by atoms with Crippen LogP contribution in [0.5, 0.6) is 0 Å². The van der Waals surface area contributed by atoms with Gasteiger partial charge < -0.3 is 4.90 Å². The van der Waals surface area contributed by atoms with Crippen LogP contribution in [0.2, 0.25) is 0 Å². The number of thioether (sulfide) groups is 1. The standard InChI is InChI=1S/C21H23N3OS/c1-14(2)26-19-12-8-6-10-17(19)21(25)24(4)13-20-22-15(3)16-9-5-7-11-18(16)23-20/h5-12,14H,13H2,1-4H3. The van der Waals surface area contributed by atoms with Gasteiger partial charge in [0.2, 0.25) is 0 Å². The molecule has 0 saturated carbocycles. The van der Waals surface area contributed by atoms with Crippen LogP contribution in [0.4, 0.5) is 0 Å². The molecule has 1 heterocycles. The molecule has 0 atom stereocenters. The second-order valence-electron chi connectivity index (χ2n) is 6.57. The van der Waals surface area contributed by atoms with Crippen molar-refractivity contribution in [3.05, 3.63) is 65.6 Å². The van der Waals surface area contributed by atoms with Gasteiger partial charge in [-0.25, -0.2) is 9.97 Å². The molecule has 26 heavy (non-hydrogen) atoms. The van der Waals surface area contributed by atoms with Crippen LogP contribution in [0.1, 0.15) is 35.7 Å². The Morgan fingerprint density at radius 3 is 2.54 bits per heavy atom. The van der Waals surface area contributed by atoms with Crippen molar-refractivity contribution in [2.24, 2.45) is 0 Å². The number of hydrogen-bond donors (Lipinski definition) is 0. The SMILES string of the molecule is Cc1nc(CN(C)C(=O)c2ccccc2SC(C)C)nc2ccccc12. The van der Waals surface area contributed by atoms with E-state index in [1.165, 1.54) is 0 Å². The maximum atomic E-state index is 13.0. The zero-order valence-corrected chi connectivity index (χ0v) is 16.4. The lowest BCUT2D eigenvalue weighted by Gasteiger charge is -2.19. The highest BCUT2D eigenvalue weighted by molar-refractivity contribution is 8.00. The number of aryl methyl sites for hydroxylation is 1. The molecule has 0 N–H and O–H groups in total. The Hall–Kier alpha value is -2.40. The summed E-state index contributed by atoms with van der Waals surface area (Å²) in [4.78, 5) is 24.8. The van der Waals surface area contributed by atoms with Crippen LogP contribution >= 0.6 is 11.8 Å². The van der Waals surface area contributed by atoms with E-state index in [0.29, 0.717) is 17.6 Å². The topological polar surface area (TPSA) is 46.1 Å². The first-order valence-electron chi connectivity index (χ1n) is 8.69. The zero-order valence-electron chi connectivity index (χ0n) is 15.6. The number of aromatic nitrogens is 2. The summed E-state index contributed by atoms with van der Waals surface area (Å²) in [6, 6.07) is 15.7. The van der Waals surface area contributed by atoms with Crippen LogP contribution in [0.25, 0.3) is 10.9 Å². The number of carbonyl (C=O) groups excluding carboxylic acids is 1. The van der Waals surface area contributed by atoms with E-state index in [-0.39, 0.29) is 5.91 Å². The largest absolute Gasteiger partial charge is 0.334 e. The molecule has 3 rings (SSSR count). The van der Waals surface area contributed by atoms with E-state index < -0.39 is 0 Å². The van der Waals surface area contributed by atoms with E-state index >= 15 is 0 Å². The van der Waals surface area contributed by atoms with E-state index in [1.54, 1.807) is 23.7 Å². The fourth-order valence-electron chi connectivity index (χ4n) is 2.86. The molecule has 3 aromatic rings. The van der Waals surface area contributed by atoms with Gasteiger partial charge in [-0.15, -0.1) is 11.8 Å². The number of para-hydroxylation sites is 1. The molecule has 0 spiro atoms. The number of carbonyl (C=O) groups is 1. The predicted molar refractivity (Wildman–Crippen MR) is 108 cm³/mol. The molecule has 134 valence electrons. The summed E-state index contributed by atoms with van der Waals surface area (Å²) in [7, 11) is 1.80. The summed E-state index contributed by atoms with van der Waals surface area (Å²) >= 11 is 1.70. The molecule has 0 radical (unpaired) electrons. The second kappa shape index (κ2) is 7.87. The highest BCUT2D eigenvalue weighted by Crippen LogP contribution is 2.27. The molecule has 5 heteroatoms. The van der Waals surface area contributed by atoms with E-state index in [1.807, 2.05) is 55.5 Å². The Morgan fingerprint density at radius 1 is 1.08 bits per heavy atom. The number of benzene rings is 2. The number of rotatable bonds is 5. The van der Waals surface area contributed by atoms with Gasteiger partial charge in [0.1, 0.15) is 5.82 Å². The average molecular weight is 366 g/mol. The third kappa shape index (κ3) is 4.05. The molecule has 4 nitrogen and oxygen atoms in total. The lowest BCUT2D eigenvalue weighted by atomic mass is 10.2. The van der Waals surface area contributed by atoms with Crippen LogP contribution < -0.4 is 0 Å². The summed E-state index contributed by atoms with van der Waals surface area (Å²) in [6.45, 7) is 6.61. The average Bonchev–Trinajstić information content (AvgIpc) is 2.61. The summed E-state index contributed by atoms with van der Waals surface area (Å²) in [6.07, 6.45) is 0. The van der Waals surface area contributed by atoms with Crippen molar-refractivity contribution >= 4 is 28.6 Å². The lowest BCUT2D eigenvalue weighted by molar-refractivity contribution is 0.0778. The number of fused-ring (bicyclic) bond motifs is 1. The highest BCUT2D eigenvalue weighted by atomic mass is 32.2. The van der Waals surface area contributed by atoms with E-state index in [2.05, 4.69) is 23.8 Å². The number of nitrogens with zero attached hydrogens (tertiary/aromatic N) is 3. The first-order valence-corrected chi connectivity index (χ1v) is 9.57. The smallest absolute Gasteiger partial charge is 0.255 e. The molecule has 0 aliphatic carbocycles. The number of amides is 1. The van der Waals surface area contributed by atoms with Gasteiger partial charge in [-0.2, -0.15) is 0 Å². The van der Waals surface area contributed by atoms with Crippen molar-refractivity contribution in [2.45, 2.75) is 37.5 Å². The molecule has 1 amide bonds. The minimum atomic E-state index is -0.0110. The van der Waals surface area contributed by atoms with Crippen molar-refractivity contribution in [2.75, 3.05) is 7.05 Å². The maximum Gasteiger partial charge on any atom is 0.255 e. The summed E-state index contributed by atoms with van der Waals surface area (Å²) in [5, 5.41) is 1.46. The Bertz CT molecular complexity index is 939. The van der Waals surface area contributed by atoms with Gasteiger partial charge in [0.15, 0.2) is 0 Å². The van der Waals surface area contributed by atoms with Gasteiger partial charge in [0.05, 0.1) is 17.6 Å². The first kappa shape index (κ1) is 18.4. The quantitative estimate of drug-likeness (QED) is 0.614. The maximum absolute atomic E-state index is 13.0. The Balaban J connectivity index is 1.84. The molecule has 2 aromatic carbocycles. The molecule has 0 saturated heterocycles. The third-order valence-corrected chi connectivity index (χ3v) is 5.13. The van der Waals surface area contributed by atoms with Gasteiger partial charge in [-0.05, 0) is 25.1 Å². The van der Waals surface area contributed by atoms with Gasteiger partial charge >= 0.3 is 0 Å². The van der Waals surface area contributed by atoms with Crippen LogP contribution in [0.15, 0.2) is 53.4 Å². The van der Waals surface area contributed by atoms with Crippen molar-refractivity contribution < 1.29 is 4.79 Å². The van der Waals surface area contributed by atoms with Gasteiger partial charge in [0, 0.05) is 28.3 Å². The molecule has 0 fully saturated rings. The normalized spacial score (nSPS) is 11.1. The monoisotopic (exact) mass is 365 g/mol. The summed E-state index contributed by atoms with van der Waals surface area (Å²) in [5.41, 5.74) is 2.57. The lowest BCUT2D eigenvalue weighted by Crippen LogP contribution is -2.27. The summed E-state index contributed by atoms with van der Waals surface area (Å²) in [5.74, 6) is 0.647. The van der Waals surface area contributed by atoms with Crippen LogP contribution in [-0.4, -0.2) is 33.1 Å². The molecule has 0 bridgehead atoms. The van der Waals surface area contributed by atoms with Crippen molar-refractivity contribution in [1.82, 2.24) is 14.9 Å². The Morgan fingerprint density at radius 2 is 1.77 bits per heavy atom. The van der Waals surface area contributed by atoms with Gasteiger partial charge in [-0.3, -0.25) is 4.79 Å². The molecular weight excluding hydrogens is 342 g/mol. The Kier molecular flexibility index (Phi) is 5.57. The predicted octanol–water partition coefficient (Wildman–Crippen LogP) is 4.71. The second-order valence-corrected chi connectivity index (χ2v) is 8.18. The van der Waals surface area contributed by atoms with Crippen LogP contribution in [0.3, 0.4) is 0 Å². The van der Waals surface area contributed by atoms with E-state index in [0.717, 1.165) is 27.1 Å². The third-order valence-electron chi connectivity index (χ3n) is 4.05. The molecule has 0 aliphatic rings. The fraction of sp³-hybridized carbons (Fsp3) is 0.286. The molecule has 1 aromatic heterocycles. The summed E-state index contributed by atoms with van der Waals surface area (Å²) < 4.78 is 0. The van der Waals surface area contributed by atoms with Crippen molar-refractivity contribution in [3.8, 4) is 0 Å². The molecule has 0 aliphatic heterocycles. The van der Waals surface area contributed by atoms with Gasteiger partial charge in [-0.1, -0.05) is 44.2 Å². The number of hydrogen-bond acceptors (Lipinski definition) is 4. The minimum absolute atomic E-state index is 0.0110. The van der Waals surface area contributed by atoms with E-state index in [4.69, 9.17) is 0 Å². The van der Waals surface area contributed by atoms with Crippen molar-refractivity contribution in [3.63, 3.8) is 0 Å². The van der Waals surface area contributed by atoms with Crippen LogP contribution in [-0.2, 0) is 6.54 Å². The molecular formula is C21H23N3OS. The Labute approximate surface area is 158 Å². The van der Waals surface area contributed by atoms with Gasteiger partial charge in [0.25, 0.3) is 5.91 Å². The molecule has 0 unspecified atom stereocenters. The minimum Gasteiger partial charge on any atom is -0.334 e. The first-order chi connectivity index (χ1) is 12.5. The van der Waals surface area contributed by atoms with Crippen molar-refractivity contribution in [1.29, 1.82) is 0 Å². The van der Waals surface area contributed by atoms with Crippen LogP contribution in [0, 0.1) is 6.92 Å². The zero-order chi connectivity index (χ0) is 18.7. The van der Waals surface area contributed by atoms with E-state index in [9.17, 15) is 4.79 Å².